The predicted molar refractivity (Wildman–Crippen MR) is 130 cm³/mol. The topological polar surface area (TPSA) is 49.4 Å². The molecule has 1 N–H and O–H groups in total. The fourth-order valence-corrected chi connectivity index (χ4v) is 4.28. The van der Waals surface area contributed by atoms with Crippen LogP contribution in [0, 0.1) is 5.82 Å². The number of hydrogen-bond donors (Lipinski definition) is 1. The molecule has 0 bridgehead atoms. The van der Waals surface area contributed by atoms with E-state index in [4.69, 9.17) is 34.8 Å². The van der Waals surface area contributed by atoms with E-state index in [-0.39, 0.29) is 35.9 Å². The predicted octanol–water partition coefficient (Wildman–Crippen LogP) is 5.71. The third kappa shape index (κ3) is 6.26. The number of carbonyl (C=O) groups is 2. The van der Waals surface area contributed by atoms with Crippen molar-refractivity contribution >= 4 is 46.6 Å². The first-order valence-electron chi connectivity index (χ1n) is 10.2. The van der Waals surface area contributed by atoms with Gasteiger partial charge in [-0.3, -0.25) is 9.59 Å². The molecule has 172 valence electrons. The number of carbonyl (C=O) groups excluding carboxylic acids is 2. The Hall–Kier alpha value is -2.60. The van der Waals surface area contributed by atoms with Gasteiger partial charge in [-0.25, -0.2) is 4.39 Å². The van der Waals surface area contributed by atoms with Crippen LogP contribution < -0.4 is 5.32 Å². The molecule has 0 aliphatic carbocycles. The summed E-state index contributed by atoms with van der Waals surface area (Å²) < 4.78 is 14.4. The zero-order valence-corrected chi connectivity index (χ0v) is 20.1. The van der Waals surface area contributed by atoms with Crippen LogP contribution in [0.4, 0.5) is 4.39 Å². The minimum atomic E-state index is -0.886. The monoisotopic (exact) mass is 506 g/mol. The highest BCUT2D eigenvalue weighted by Crippen LogP contribution is 2.28. The van der Waals surface area contributed by atoms with E-state index >= 15 is 0 Å². The first-order valence-corrected chi connectivity index (χ1v) is 11.4. The second-order valence-corrected chi connectivity index (χ2v) is 8.64. The number of hydrogen-bond acceptors (Lipinski definition) is 2. The lowest BCUT2D eigenvalue weighted by atomic mass is 10.0. The van der Waals surface area contributed by atoms with E-state index in [1.54, 1.807) is 18.2 Å². The number of nitrogens with zero attached hydrogens (tertiary/aromatic N) is 1. The van der Waals surface area contributed by atoms with Crippen molar-refractivity contribution in [2.24, 2.45) is 0 Å². The maximum absolute atomic E-state index is 14.4. The molecule has 4 nitrogen and oxygen atoms in total. The maximum Gasteiger partial charge on any atom is 0.242 e. The molecule has 1 atom stereocenters. The zero-order chi connectivity index (χ0) is 24.0. The third-order valence-electron chi connectivity index (χ3n) is 5.30. The summed E-state index contributed by atoms with van der Waals surface area (Å²) in [5, 5.41) is 3.48. The zero-order valence-electron chi connectivity index (χ0n) is 17.8. The number of nitrogens with one attached hydrogen (secondary N) is 1. The molecule has 0 radical (unpaired) electrons. The number of likely N-dealkylation sites (N-methyl/N-ethyl adjacent to an activating group) is 1. The van der Waals surface area contributed by atoms with Crippen LogP contribution in [0.15, 0.2) is 66.7 Å². The van der Waals surface area contributed by atoms with Crippen molar-refractivity contribution in [1.29, 1.82) is 0 Å². The molecule has 0 saturated carbocycles. The number of amides is 2. The van der Waals surface area contributed by atoms with E-state index < -0.39 is 17.8 Å². The number of rotatable bonds is 8. The fourth-order valence-electron chi connectivity index (χ4n) is 3.53. The van der Waals surface area contributed by atoms with Crippen molar-refractivity contribution in [2.75, 3.05) is 7.05 Å². The smallest absolute Gasteiger partial charge is 0.242 e. The lowest BCUT2D eigenvalue weighted by molar-refractivity contribution is -0.140. The highest BCUT2D eigenvalue weighted by Gasteiger charge is 2.31. The molecule has 3 rings (SSSR count). The van der Waals surface area contributed by atoms with E-state index in [2.05, 4.69) is 5.32 Å². The molecule has 0 unspecified atom stereocenters. The molecule has 0 spiro atoms. The van der Waals surface area contributed by atoms with Gasteiger partial charge >= 0.3 is 0 Å². The SMILES string of the molecule is CNC(=O)[C@H](Cc1ccccc1)N(Cc1c(Cl)cccc1Cl)C(=O)Cc1c(F)cccc1Cl. The van der Waals surface area contributed by atoms with Gasteiger partial charge < -0.3 is 10.2 Å². The van der Waals surface area contributed by atoms with Crippen molar-refractivity contribution in [2.45, 2.75) is 25.4 Å². The summed E-state index contributed by atoms with van der Waals surface area (Å²) in [5.74, 6) is -1.44. The van der Waals surface area contributed by atoms with Crippen molar-refractivity contribution in [3.8, 4) is 0 Å². The molecule has 0 aliphatic heterocycles. The largest absolute Gasteiger partial charge is 0.357 e. The lowest BCUT2D eigenvalue weighted by Gasteiger charge is -2.32. The summed E-state index contributed by atoms with van der Waals surface area (Å²) in [7, 11) is 1.50. The lowest BCUT2D eigenvalue weighted by Crippen LogP contribution is -2.50. The Labute approximate surface area is 207 Å². The second-order valence-electron chi connectivity index (χ2n) is 7.42. The van der Waals surface area contributed by atoms with Gasteiger partial charge in [-0.15, -0.1) is 0 Å². The molecule has 0 saturated heterocycles. The van der Waals surface area contributed by atoms with Crippen molar-refractivity contribution in [3.63, 3.8) is 0 Å². The summed E-state index contributed by atoms with van der Waals surface area (Å²) in [6.45, 7) is -0.0334. The normalized spacial score (nSPS) is 11.7. The Kier molecular flexibility index (Phi) is 8.73. The van der Waals surface area contributed by atoms with Crippen LogP contribution in [-0.4, -0.2) is 29.8 Å². The van der Waals surface area contributed by atoms with E-state index in [1.807, 2.05) is 30.3 Å². The Morgan fingerprint density at radius 2 is 1.45 bits per heavy atom. The van der Waals surface area contributed by atoms with Gasteiger partial charge in [0.1, 0.15) is 11.9 Å². The molecular weight excluding hydrogens is 486 g/mol. The average Bonchev–Trinajstić information content (AvgIpc) is 2.80. The van der Waals surface area contributed by atoms with Gasteiger partial charge in [-0.05, 0) is 29.8 Å². The van der Waals surface area contributed by atoms with Crippen LogP contribution in [0.1, 0.15) is 16.7 Å². The average molecular weight is 508 g/mol. The molecular formula is C25H22Cl3FN2O2. The van der Waals surface area contributed by atoms with Gasteiger partial charge in [-0.2, -0.15) is 0 Å². The number of halogens is 4. The van der Waals surface area contributed by atoms with Crippen molar-refractivity contribution < 1.29 is 14.0 Å². The van der Waals surface area contributed by atoms with Crippen molar-refractivity contribution in [3.05, 3.63) is 104 Å². The standard InChI is InChI=1S/C25H22Cl3FN2O2/c1-30-25(33)23(13-16-7-3-2-4-8-16)31(15-18-20(27)9-5-10-21(18)28)24(32)14-17-19(26)11-6-12-22(17)29/h2-12,23H,13-15H2,1H3,(H,30,33)/t23-/m0/s1. The quantitative estimate of drug-likeness (QED) is 0.424. The second kappa shape index (κ2) is 11.5. The van der Waals surface area contributed by atoms with Crippen LogP contribution in [0.2, 0.25) is 15.1 Å². The molecule has 33 heavy (non-hydrogen) atoms. The Bertz CT molecular complexity index is 1100. The Morgan fingerprint density at radius 1 is 0.879 bits per heavy atom. The minimum absolute atomic E-state index is 0.0334. The van der Waals surface area contributed by atoms with E-state index in [0.717, 1.165) is 5.56 Å². The van der Waals surface area contributed by atoms with Gasteiger partial charge in [0, 0.05) is 46.2 Å². The Morgan fingerprint density at radius 3 is 2.03 bits per heavy atom. The molecule has 0 fully saturated rings. The summed E-state index contributed by atoms with van der Waals surface area (Å²) in [4.78, 5) is 27.8. The molecule has 0 heterocycles. The molecule has 8 heteroatoms. The molecule has 0 aliphatic rings. The minimum Gasteiger partial charge on any atom is -0.357 e. The first-order chi connectivity index (χ1) is 15.8. The van der Waals surface area contributed by atoms with E-state index in [9.17, 15) is 14.0 Å². The van der Waals surface area contributed by atoms with Crippen LogP contribution in [0.25, 0.3) is 0 Å². The highest BCUT2D eigenvalue weighted by atomic mass is 35.5. The van der Waals surface area contributed by atoms with Crippen molar-refractivity contribution in [1.82, 2.24) is 10.2 Å². The molecule has 2 amide bonds. The highest BCUT2D eigenvalue weighted by molar-refractivity contribution is 6.36. The van der Waals surface area contributed by atoms with Gasteiger partial charge in [-0.1, -0.05) is 77.3 Å². The summed E-state index contributed by atoms with van der Waals surface area (Å²) in [6, 6.07) is 17.7. The number of benzene rings is 3. The Balaban J connectivity index is 2.03. The van der Waals surface area contributed by atoms with Gasteiger partial charge in [0.05, 0.1) is 6.42 Å². The third-order valence-corrected chi connectivity index (χ3v) is 6.36. The summed E-state index contributed by atoms with van der Waals surface area (Å²) in [6.07, 6.45) is -0.0742. The maximum atomic E-state index is 14.4. The summed E-state index contributed by atoms with van der Waals surface area (Å²) in [5.41, 5.74) is 1.42. The molecule has 0 aromatic heterocycles. The first kappa shape index (κ1) is 25.0. The van der Waals surface area contributed by atoms with Gasteiger partial charge in [0.25, 0.3) is 0 Å². The molecule has 3 aromatic carbocycles. The fraction of sp³-hybridized carbons (Fsp3) is 0.200. The van der Waals surface area contributed by atoms with Crippen LogP contribution in [0.3, 0.4) is 0 Å². The van der Waals surface area contributed by atoms with Gasteiger partial charge in [0.15, 0.2) is 0 Å². The van der Waals surface area contributed by atoms with Crippen LogP contribution in [-0.2, 0) is 29.0 Å². The molecule has 3 aromatic rings. The summed E-state index contributed by atoms with van der Waals surface area (Å²) >= 11 is 18.9. The van der Waals surface area contributed by atoms with Gasteiger partial charge in [0.2, 0.25) is 11.8 Å². The van der Waals surface area contributed by atoms with E-state index in [0.29, 0.717) is 15.6 Å². The van der Waals surface area contributed by atoms with Crippen LogP contribution >= 0.6 is 34.8 Å². The van der Waals surface area contributed by atoms with Crippen LogP contribution in [0.5, 0.6) is 0 Å². The van der Waals surface area contributed by atoms with E-state index in [1.165, 1.54) is 30.1 Å².